The van der Waals surface area contributed by atoms with Crippen molar-refractivity contribution in [3.63, 3.8) is 0 Å². The standard InChI is InChI=1S/C13H24N2O3/c1-3-8-15(11-12(16)18-2)13(17)14-9-6-4-5-7-10-14/h3-11H2,1-2H3. The monoisotopic (exact) mass is 256 g/mol. The Morgan fingerprint density at radius 3 is 2.28 bits per heavy atom. The molecule has 0 radical (unpaired) electrons. The number of urea groups is 1. The molecule has 0 atom stereocenters. The zero-order chi connectivity index (χ0) is 13.4. The fourth-order valence-corrected chi connectivity index (χ4v) is 2.19. The molecule has 0 aromatic rings. The Bertz CT molecular complexity index is 273. The number of esters is 1. The predicted molar refractivity (Wildman–Crippen MR) is 69.3 cm³/mol. The van der Waals surface area contributed by atoms with E-state index in [2.05, 4.69) is 4.74 Å². The van der Waals surface area contributed by atoms with Crippen molar-refractivity contribution < 1.29 is 14.3 Å². The highest BCUT2D eigenvalue weighted by Gasteiger charge is 2.23. The first kappa shape index (κ1) is 14.8. The maximum atomic E-state index is 12.3. The smallest absolute Gasteiger partial charge is 0.325 e. The molecule has 2 amide bonds. The number of amides is 2. The van der Waals surface area contributed by atoms with E-state index in [-0.39, 0.29) is 18.5 Å². The van der Waals surface area contributed by atoms with Crippen LogP contribution in [0.4, 0.5) is 4.79 Å². The number of methoxy groups -OCH3 is 1. The Hall–Kier alpha value is -1.26. The third kappa shape index (κ3) is 4.55. The van der Waals surface area contributed by atoms with Crippen LogP contribution in [0.3, 0.4) is 0 Å². The van der Waals surface area contributed by atoms with Gasteiger partial charge in [-0.05, 0) is 19.3 Å². The average Bonchev–Trinajstić information content (AvgIpc) is 2.66. The fourth-order valence-electron chi connectivity index (χ4n) is 2.19. The van der Waals surface area contributed by atoms with E-state index >= 15 is 0 Å². The zero-order valence-corrected chi connectivity index (χ0v) is 11.5. The zero-order valence-electron chi connectivity index (χ0n) is 11.5. The van der Waals surface area contributed by atoms with Crippen molar-refractivity contribution in [3.8, 4) is 0 Å². The largest absolute Gasteiger partial charge is 0.468 e. The van der Waals surface area contributed by atoms with Crippen LogP contribution in [0, 0.1) is 0 Å². The summed E-state index contributed by atoms with van der Waals surface area (Å²) < 4.78 is 4.64. The van der Waals surface area contributed by atoms with Crippen molar-refractivity contribution in [2.75, 3.05) is 33.3 Å². The molecule has 0 N–H and O–H groups in total. The van der Waals surface area contributed by atoms with Crippen LogP contribution in [-0.2, 0) is 9.53 Å². The normalized spacial score (nSPS) is 16.0. The van der Waals surface area contributed by atoms with Gasteiger partial charge in [0.1, 0.15) is 6.54 Å². The second-order valence-corrected chi connectivity index (χ2v) is 4.68. The van der Waals surface area contributed by atoms with Crippen LogP contribution < -0.4 is 0 Å². The van der Waals surface area contributed by atoms with Gasteiger partial charge in [0.15, 0.2) is 0 Å². The number of hydrogen-bond donors (Lipinski definition) is 0. The van der Waals surface area contributed by atoms with Crippen molar-refractivity contribution in [2.24, 2.45) is 0 Å². The van der Waals surface area contributed by atoms with Gasteiger partial charge in [-0.15, -0.1) is 0 Å². The molecule has 1 heterocycles. The van der Waals surface area contributed by atoms with E-state index in [1.165, 1.54) is 20.0 Å². The minimum absolute atomic E-state index is 0.0239. The van der Waals surface area contributed by atoms with Crippen LogP contribution in [0.1, 0.15) is 39.0 Å². The van der Waals surface area contributed by atoms with Crippen molar-refractivity contribution in [1.82, 2.24) is 9.80 Å². The molecule has 5 nitrogen and oxygen atoms in total. The highest BCUT2D eigenvalue weighted by Crippen LogP contribution is 2.12. The van der Waals surface area contributed by atoms with Gasteiger partial charge in [-0.25, -0.2) is 4.79 Å². The summed E-state index contributed by atoms with van der Waals surface area (Å²) in [6, 6.07) is -0.0239. The van der Waals surface area contributed by atoms with Crippen molar-refractivity contribution in [3.05, 3.63) is 0 Å². The fraction of sp³-hybridized carbons (Fsp3) is 0.846. The molecule has 0 bridgehead atoms. The average molecular weight is 256 g/mol. The maximum Gasteiger partial charge on any atom is 0.325 e. The number of hydrogen-bond acceptors (Lipinski definition) is 3. The molecule has 1 rings (SSSR count). The minimum atomic E-state index is -0.355. The quantitative estimate of drug-likeness (QED) is 0.721. The lowest BCUT2D eigenvalue weighted by Crippen LogP contribution is -2.46. The van der Waals surface area contributed by atoms with Gasteiger partial charge in [0.05, 0.1) is 7.11 Å². The first-order valence-corrected chi connectivity index (χ1v) is 6.79. The van der Waals surface area contributed by atoms with E-state index in [0.717, 1.165) is 32.4 Å². The lowest BCUT2D eigenvalue weighted by Gasteiger charge is -2.29. The first-order chi connectivity index (χ1) is 8.69. The third-order valence-electron chi connectivity index (χ3n) is 3.19. The summed E-state index contributed by atoms with van der Waals surface area (Å²) in [7, 11) is 1.35. The van der Waals surface area contributed by atoms with E-state index in [0.29, 0.717) is 6.54 Å². The molecule has 0 aromatic carbocycles. The summed E-state index contributed by atoms with van der Waals surface area (Å²) in [6.45, 7) is 4.27. The number of carbonyl (C=O) groups is 2. The molecule has 1 fully saturated rings. The first-order valence-electron chi connectivity index (χ1n) is 6.79. The Morgan fingerprint density at radius 2 is 1.78 bits per heavy atom. The molecule has 5 heteroatoms. The topological polar surface area (TPSA) is 49.9 Å². The molecule has 1 aliphatic heterocycles. The van der Waals surface area contributed by atoms with Gasteiger partial charge in [-0.1, -0.05) is 19.8 Å². The molecule has 104 valence electrons. The van der Waals surface area contributed by atoms with Gasteiger partial charge < -0.3 is 14.5 Å². The van der Waals surface area contributed by atoms with Crippen molar-refractivity contribution in [2.45, 2.75) is 39.0 Å². The van der Waals surface area contributed by atoms with Gasteiger partial charge in [0.2, 0.25) is 0 Å². The molecule has 0 aliphatic carbocycles. The van der Waals surface area contributed by atoms with Gasteiger partial charge in [-0.2, -0.15) is 0 Å². The summed E-state index contributed by atoms with van der Waals surface area (Å²) in [5, 5.41) is 0. The van der Waals surface area contributed by atoms with Crippen LogP contribution >= 0.6 is 0 Å². The number of nitrogens with zero attached hydrogens (tertiary/aromatic N) is 2. The van der Waals surface area contributed by atoms with Crippen LogP contribution in [0.25, 0.3) is 0 Å². The summed E-state index contributed by atoms with van der Waals surface area (Å²) in [6.07, 6.45) is 5.34. The molecule has 0 spiro atoms. The number of carbonyl (C=O) groups excluding carboxylic acids is 2. The molecule has 0 aromatic heterocycles. The second-order valence-electron chi connectivity index (χ2n) is 4.68. The summed E-state index contributed by atoms with van der Waals surface area (Å²) in [5.74, 6) is -0.355. The Balaban J connectivity index is 2.58. The molecule has 0 unspecified atom stereocenters. The van der Waals surface area contributed by atoms with Crippen LogP contribution in [0.2, 0.25) is 0 Å². The Kier molecular flexibility index (Phi) is 6.54. The highest BCUT2D eigenvalue weighted by molar-refractivity contribution is 5.81. The summed E-state index contributed by atoms with van der Waals surface area (Å²) >= 11 is 0. The van der Waals surface area contributed by atoms with E-state index in [1.807, 2.05) is 11.8 Å². The lowest BCUT2D eigenvalue weighted by molar-refractivity contribution is -0.141. The predicted octanol–water partition coefficient (Wildman–Crippen LogP) is 1.87. The Morgan fingerprint density at radius 1 is 1.17 bits per heavy atom. The molecule has 0 saturated carbocycles. The molecule has 1 aliphatic rings. The van der Waals surface area contributed by atoms with Crippen LogP contribution in [0.5, 0.6) is 0 Å². The van der Waals surface area contributed by atoms with Gasteiger partial charge in [0, 0.05) is 19.6 Å². The van der Waals surface area contributed by atoms with Crippen molar-refractivity contribution in [1.29, 1.82) is 0 Å². The molecule has 1 saturated heterocycles. The third-order valence-corrected chi connectivity index (χ3v) is 3.19. The lowest BCUT2D eigenvalue weighted by atomic mass is 10.2. The maximum absolute atomic E-state index is 12.3. The summed E-state index contributed by atoms with van der Waals surface area (Å²) in [5.41, 5.74) is 0. The van der Waals surface area contributed by atoms with E-state index in [1.54, 1.807) is 4.90 Å². The van der Waals surface area contributed by atoms with E-state index in [9.17, 15) is 9.59 Å². The van der Waals surface area contributed by atoms with Gasteiger partial charge >= 0.3 is 12.0 Å². The highest BCUT2D eigenvalue weighted by atomic mass is 16.5. The molecule has 18 heavy (non-hydrogen) atoms. The number of ether oxygens (including phenoxy) is 1. The van der Waals surface area contributed by atoms with Crippen LogP contribution in [-0.4, -0.2) is 55.1 Å². The van der Waals surface area contributed by atoms with Gasteiger partial charge in [0.25, 0.3) is 0 Å². The van der Waals surface area contributed by atoms with E-state index in [4.69, 9.17) is 0 Å². The molecular weight excluding hydrogens is 232 g/mol. The SMILES string of the molecule is CCCN(CC(=O)OC)C(=O)N1CCCCCC1. The summed E-state index contributed by atoms with van der Waals surface area (Å²) in [4.78, 5) is 27.1. The molecular formula is C13H24N2O3. The van der Waals surface area contributed by atoms with Crippen LogP contribution in [0.15, 0.2) is 0 Å². The second kappa shape index (κ2) is 7.95. The minimum Gasteiger partial charge on any atom is -0.468 e. The Labute approximate surface area is 109 Å². The number of rotatable bonds is 4. The van der Waals surface area contributed by atoms with Crippen molar-refractivity contribution >= 4 is 12.0 Å². The van der Waals surface area contributed by atoms with E-state index < -0.39 is 0 Å². The number of likely N-dealkylation sites (tertiary alicyclic amines) is 1. The van der Waals surface area contributed by atoms with Gasteiger partial charge in [-0.3, -0.25) is 4.79 Å².